The van der Waals surface area contributed by atoms with E-state index in [2.05, 4.69) is 15.3 Å². The van der Waals surface area contributed by atoms with Gasteiger partial charge in [-0.1, -0.05) is 54.1 Å². The molecule has 0 bridgehead atoms. The number of benzene rings is 2. The molecule has 0 saturated carbocycles. The zero-order valence-electron chi connectivity index (χ0n) is 16.6. The lowest BCUT2D eigenvalue weighted by Gasteiger charge is -2.16. The Morgan fingerprint density at radius 3 is 2.50 bits per heavy atom. The Hall–Kier alpha value is -4.04. The third kappa shape index (κ3) is 3.40. The molecular weight excluding hydrogens is 430 g/mol. The monoisotopic (exact) mass is 445 g/mol. The highest BCUT2D eigenvalue weighted by molar-refractivity contribution is 6.30. The van der Waals surface area contributed by atoms with Gasteiger partial charge in [-0.3, -0.25) is 9.36 Å². The van der Waals surface area contributed by atoms with Crippen molar-refractivity contribution in [3.8, 4) is 11.1 Å². The van der Waals surface area contributed by atoms with Gasteiger partial charge in [0.1, 0.15) is 11.6 Å². The topological polar surface area (TPSA) is 102 Å². The van der Waals surface area contributed by atoms with Crippen LogP contribution in [0.4, 0.5) is 0 Å². The van der Waals surface area contributed by atoms with Crippen molar-refractivity contribution in [2.45, 2.75) is 12.5 Å². The predicted octanol–water partition coefficient (Wildman–Crippen LogP) is 3.63. The van der Waals surface area contributed by atoms with Crippen LogP contribution in [0.25, 0.3) is 27.8 Å². The highest BCUT2D eigenvalue weighted by Gasteiger charge is 2.23. The van der Waals surface area contributed by atoms with Gasteiger partial charge in [0, 0.05) is 23.2 Å². The molecule has 3 heterocycles. The van der Waals surface area contributed by atoms with Crippen LogP contribution in [0, 0.1) is 0 Å². The van der Waals surface area contributed by atoms with Crippen molar-refractivity contribution >= 4 is 34.3 Å². The molecular formula is C23H16ClN5O3. The van der Waals surface area contributed by atoms with E-state index in [4.69, 9.17) is 11.6 Å². The minimum absolute atomic E-state index is 0.0464. The fraction of sp³-hybridized carbons (Fsp3) is 0.0870. The van der Waals surface area contributed by atoms with Gasteiger partial charge in [-0.05, 0) is 29.3 Å². The van der Waals surface area contributed by atoms with Crippen LogP contribution < -0.4 is 5.56 Å². The molecule has 5 aromatic rings. The Balaban J connectivity index is 1.62. The van der Waals surface area contributed by atoms with Crippen LogP contribution in [0.2, 0.25) is 5.02 Å². The summed E-state index contributed by atoms with van der Waals surface area (Å²) in [7, 11) is 0. The lowest BCUT2D eigenvalue weighted by molar-refractivity contribution is -0.141. The summed E-state index contributed by atoms with van der Waals surface area (Å²) in [5.41, 5.74) is 2.85. The Morgan fingerprint density at radius 2 is 1.78 bits per heavy atom. The Labute approximate surface area is 186 Å². The second-order valence-electron chi connectivity index (χ2n) is 7.31. The molecule has 2 aromatic carbocycles. The zero-order valence-corrected chi connectivity index (χ0v) is 17.3. The van der Waals surface area contributed by atoms with Crippen molar-refractivity contribution < 1.29 is 9.90 Å². The molecule has 158 valence electrons. The van der Waals surface area contributed by atoms with Crippen molar-refractivity contribution in [1.29, 1.82) is 0 Å². The molecule has 0 saturated heterocycles. The number of carboxylic acid groups (broad SMARTS) is 1. The molecule has 0 spiro atoms. The number of hydrogen-bond donors (Lipinski definition) is 1. The summed E-state index contributed by atoms with van der Waals surface area (Å²) in [6.45, 7) is 0. The van der Waals surface area contributed by atoms with Crippen LogP contribution in [-0.4, -0.2) is 35.5 Å². The number of rotatable bonds is 5. The second kappa shape index (κ2) is 7.90. The smallest absolute Gasteiger partial charge is 0.327 e. The third-order valence-corrected chi connectivity index (χ3v) is 5.59. The SMILES string of the molecule is O=C(O)C(Cc1ccccc1)n1ccc2c(nnc3c(-c4ccc(Cl)cc4)cnn32)c1=O. The summed E-state index contributed by atoms with van der Waals surface area (Å²) >= 11 is 5.97. The van der Waals surface area contributed by atoms with Crippen molar-refractivity contribution in [2.75, 3.05) is 0 Å². The van der Waals surface area contributed by atoms with E-state index in [1.807, 2.05) is 42.5 Å². The van der Waals surface area contributed by atoms with E-state index in [0.717, 1.165) is 16.7 Å². The first-order valence-corrected chi connectivity index (χ1v) is 10.2. The van der Waals surface area contributed by atoms with Crippen LogP contribution in [0.1, 0.15) is 11.6 Å². The Bertz CT molecular complexity index is 1510. The zero-order chi connectivity index (χ0) is 22.2. The summed E-state index contributed by atoms with van der Waals surface area (Å²) in [6.07, 6.45) is 3.28. The minimum atomic E-state index is -1.10. The number of aliphatic carboxylic acids is 1. The number of carbonyl (C=O) groups is 1. The van der Waals surface area contributed by atoms with Crippen LogP contribution in [0.3, 0.4) is 0 Å². The molecule has 1 N–H and O–H groups in total. The Morgan fingerprint density at radius 1 is 1.03 bits per heavy atom. The summed E-state index contributed by atoms with van der Waals surface area (Å²) in [6, 6.07) is 17.0. The summed E-state index contributed by atoms with van der Waals surface area (Å²) in [5, 5.41) is 23.1. The number of nitrogens with zero attached hydrogens (tertiary/aromatic N) is 5. The molecule has 0 aliphatic carbocycles. The normalized spacial score (nSPS) is 12.3. The van der Waals surface area contributed by atoms with Gasteiger partial charge in [0.2, 0.25) is 0 Å². The van der Waals surface area contributed by atoms with E-state index in [-0.39, 0.29) is 11.9 Å². The number of fused-ring (bicyclic) bond motifs is 3. The average Bonchev–Trinajstić information content (AvgIpc) is 3.24. The number of pyridine rings is 1. The Kier molecular flexibility index (Phi) is 4.91. The first-order valence-electron chi connectivity index (χ1n) is 9.81. The van der Waals surface area contributed by atoms with E-state index in [1.165, 1.54) is 15.3 Å². The van der Waals surface area contributed by atoms with Gasteiger partial charge in [-0.2, -0.15) is 5.10 Å². The van der Waals surface area contributed by atoms with Gasteiger partial charge in [0.15, 0.2) is 11.2 Å². The molecule has 32 heavy (non-hydrogen) atoms. The van der Waals surface area contributed by atoms with Crippen molar-refractivity contribution in [2.24, 2.45) is 0 Å². The van der Waals surface area contributed by atoms with Gasteiger partial charge in [-0.25, -0.2) is 9.31 Å². The number of carboxylic acids is 1. The first kappa shape index (κ1) is 19.9. The lowest BCUT2D eigenvalue weighted by atomic mass is 10.1. The second-order valence-corrected chi connectivity index (χ2v) is 7.74. The van der Waals surface area contributed by atoms with E-state index in [1.54, 1.807) is 24.4 Å². The molecule has 0 amide bonds. The maximum Gasteiger partial charge on any atom is 0.327 e. The quantitative estimate of drug-likeness (QED) is 0.443. The summed E-state index contributed by atoms with van der Waals surface area (Å²) < 4.78 is 2.72. The lowest BCUT2D eigenvalue weighted by Crippen LogP contribution is -2.31. The molecule has 8 nitrogen and oxygen atoms in total. The van der Waals surface area contributed by atoms with Gasteiger partial charge in [0.05, 0.1) is 6.20 Å². The summed E-state index contributed by atoms with van der Waals surface area (Å²) in [5.74, 6) is -1.10. The van der Waals surface area contributed by atoms with E-state index >= 15 is 0 Å². The number of aromatic nitrogens is 5. The highest BCUT2D eigenvalue weighted by atomic mass is 35.5. The average molecular weight is 446 g/mol. The molecule has 1 unspecified atom stereocenters. The molecule has 0 fully saturated rings. The first-order chi connectivity index (χ1) is 15.5. The van der Waals surface area contributed by atoms with Crippen molar-refractivity contribution in [3.63, 3.8) is 0 Å². The molecule has 0 aliphatic heterocycles. The molecule has 0 radical (unpaired) electrons. The molecule has 3 aromatic heterocycles. The van der Waals surface area contributed by atoms with Crippen molar-refractivity contribution in [3.05, 3.63) is 94.0 Å². The number of hydrogen-bond acceptors (Lipinski definition) is 5. The molecule has 1 atom stereocenters. The van der Waals surface area contributed by atoms with Crippen molar-refractivity contribution in [1.82, 2.24) is 24.4 Å². The van der Waals surface area contributed by atoms with E-state index in [0.29, 0.717) is 16.2 Å². The van der Waals surface area contributed by atoms with Crippen LogP contribution in [0.5, 0.6) is 0 Å². The standard InChI is InChI=1S/C23H16ClN5O3/c24-16-8-6-15(7-9-16)17-13-25-29-18-10-11-28(22(30)20(18)26-27-21(17)29)19(23(31)32)12-14-4-2-1-3-5-14/h1-11,13,19H,12H2,(H,31,32). The highest BCUT2D eigenvalue weighted by Crippen LogP contribution is 2.26. The van der Waals surface area contributed by atoms with Gasteiger partial charge >= 0.3 is 5.97 Å². The summed E-state index contributed by atoms with van der Waals surface area (Å²) in [4.78, 5) is 25.1. The molecule has 9 heteroatoms. The number of halogens is 1. The van der Waals surface area contributed by atoms with Gasteiger partial charge in [-0.15, -0.1) is 10.2 Å². The van der Waals surface area contributed by atoms with Crippen LogP contribution >= 0.6 is 11.6 Å². The third-order valence-electron chi connectivity index (χ3n) is 5.34. The molecule has 0 aliphatic rings. The van der Waals surface area contributed by atoms with E-state index < -0.39 is 17.6 Å². The van der Waals surface area contributed by atoms with E-state index in [9.17, 15) is 14.7 Å². The fourth-order valence-corrected chi connectivity index (χ4v) is 3.85. The minimum Gasteiger partial charge on any atom is -0.480 e. The largest absolute Gasteiger partial charge is 0.480 e. The predicted molar refractivity (Wildman–Crippen MR) is 120 cm³/mol. The van der Waals surface area contributed by atoms with Gasteiger partial charge in [0.25, 0.3) is 5.56 Å². The maximum atomic E-state index is 13.2. The maximum absolute atomic E-state index is 13.2. The fourth-order valence-electron chi connectivity index (χ4n) is 3.73. The van der Waals surface area contributed by atoms with Gasteiger partial charge < -0.3 is 5.11 Å². The van der Waals surface area contributed by atoms with Crippen LogP contribution in [0.15, 0.2) is 77.9 Å². The molecule has 5 rings (SSSR count). The van der Waals surface area contributed by atoms with Crippen LogP contribution in [-0.2, 0) is 11.2 Å².